The number of carbonyl (C=O) groups is 4. The molecule has 3 aromatic rings. The number of carbonyl (C=O) groups excluding carboxylic acids is 2. The van der Waals surface area contributed by atoms with E-state index in [2.05, 4.69) is 16.0 Å². The topological polar surface area (TPSA) is 179 Å². The van der Waals surface area contributed by atoms with Crippen LogP contribution in [0.1, 0.15) is 37.2 Å². The van der Waals surface area contributed by atoms with Crippen LogP contribution in [0.4, 0.5) is 5.00 Å². The van der Waals surface area contributed by atoms with E-state index < -0.39 is 39.6 Å². The van der Waals surface area contributed by atoms with Gasteiger partial charge in [-0.25, -0.2) is 18.0 Å². The van der Waals surface area contributed by atoms with Gasteiger partial charge in [0.2, 0.25) is 9.84 Å². The molecule has 1 atom stereocenters. The van der Waals surface area contributed by atoms with Gasteiger partial charge in [0.25, 0.3) is 5.91 Å². The summed E-state index contributed by atoms with van der Waals surface area (Å²) in [6.07, 6.45) is 0.345. The number of benzene rings is 2. The van der Waals surface area contributed by atoms with Crippen LogP contribution in [0.2, 0.25) is 0 Å². The van der Waals surface area contributed by atoms with Gasteiger partial charge in [-0.05, 0) is 54.9 Å². The predicted molar refractivity (Wildman–Crippen MR) is 133 cm³/mol. The third-order valence-corrected chi connectivity index (χ3v) is 8.75. The number of carboxylic acid groups (broad SMARTS) is 2. The zero-order valence-electron chi connectivity index (χ0n) is 19.1. The molecule has 0 saturated heterocycles. The third-order valence-electron chi connectivity index (χ3n) is 5.70. The Morgan fingerprint density at radius 2 is 1.62 bits per heavy atom. The van der Waals surface area contributed by atoms with Crippen LogP contribution in [-0.2, 0) is 25.8 Å². The van der Waals surface area contributed by atoms with Crippen molar-refractivity contribution in [1.82, 2.24) is 10.6 Å². The van der Waals surface area contributed by atoms with Crippen LogP contribution in [-0.4, -0.2) is 55.5 Å². The van der Waals surface area contributed by atoms with Crippen molar-refractivity contribution in [3.8, 4) is 0 Å². The predicted octanol–water partition coefficient (Wildman–Crippen LogP) is 1.92. The van der Waals surface area contributed by atoms with Crippen molar-refractivity contribution >= 4 is 49.9 Å². The van der Waals surface area contributed by atoms with Gasteiger partial charge < -0.3 is 26.2 Å². The summed E-state index contributed by atoms with van der Waals surface area (Å²) in [7, 11) is -3.72. The zero-order valence-corrected chi connectivity index (χ0v) is 20.7. The molecular formula is C24H21N3O8S2. The van der Waals surface area contributed by atoms with Gasteiger partial charge in [0.1, 0.15) is 5.00 Å². The fourth-order valence-corrected chi connectivity index (χ4v) is 6.52. The van der Waals surface area contributed by atoms with Crippen molar-refractivity contribution in [1.29, 1.82) is 0 Å². The zero-order chi connectivity index (χ0) is 26.7. The molecule has 0 fully saturated rings. The molecule has 4 rings (SSSR count). The van der Waals surface area contributed by atoms with Crippen LogP contribution < -0.4 is 16.0 Å². The number of nitrogens with one attached hydrogen (secondary N) is 3. The minimum Gasteiger partial charge on any atom is -0.478 e. The molecule has 0 unspecified atom stereocenters. The highest BCUT2D eigenvalue weighted by molar-refractivity contribution is 7.91. The fourth-order valence-electron chi connectivity index (χ4n) is 3.93. The molecule has 13 heteroatoms. The van der Waals surface area contributed by atoms with E-state index in [-0.39, 0.29) is 32.5 Å². The van der Waals surface area contributed by atoms with E-state index >= 15 is 0 Å². The SMILES string of the molecule is O=C(O)C(=O)Nc1sc2c(c1C(=O)O)CCN[C@H]2CNC(=O)c1ccc(S(=O)(=O)c2ccccc2)cc1. The largest absolute Gasteiger partial charge is 0.478 e. The lowest BCUT2D eigenvalue weighted by Gasteiger charge is -2.24. The second-order valence-corrected chi connectivity index (χ2v) is 11.0. The lowest BCUT2D eigenvalue weighted by atomic mass is 9.99. The Bertz CT molecular complexity index is 1480. The minimum atomic E-state index is -3.72. The molecule has 0 radical (unpaired) electrons. The third kappa shape index (κ3) is 5.38. The van der Waals surface area contributed by atoms with Crippen LogP contribution in [0, 0.1) is 0 Å². The molecule has 37 heavy (non-hydrogen) atoms. The maximum absolute atomic E-state index is 12.7. The standard InChI is InChI=1S/C24H21N3O8S2/c28-20(13-6-8-15(9-7-13)37(34,35)14-4-2-1-3-5-14)26-12-17-19-16(10-11-25-17)18(23(30)31)22(36-19)27-21(29)24(32)33/h1-9,17,25H,10-12H2,(H,26,28)(H,27,29)(H,30,31)(H,32,33)/t17-/m0/s1. The van der Waals surface area contributed by atoms with Crippen molar-refractivity contribution in [3.63, 3.8) is 0 Å². The molecule has 2 heterocycles. The normalized spacial score (nSPS) is 14.9. The first-order chi connectivity index (χ1) is 17.6. The van der Waals surface area contributed by atoms with Crippen LogP contribution in [0.5, 0.6) is 0 Å². The van der Waals surface area contributed by atoms with E-state index in [0.29, 0.717) is 23.4 Å². The van der Waals surface area contributed by atoms with Crippen LogP contribution in [0.15, 0.2) is 64.4 Å². The fraction of sp³-hybridized carbons (Fsp3) is 0.167. The second-order valence-electron chi connectivity index (χ2n) is 8.02. The van der Waals surface area contributed by atoms with E-state index in [1.165, 1.54) is 36.4 Å². The lowest BCUT2D eigenvalue weighted by Crippen LogP contribution is -2.38. The molecule has 1 aliphatic rings. The molecule has 0 bridgehead atoms. The van der Waals surface area contributed by atoms with Crippen molar-refractivity contribution in [2.24, 2.45) is 0 Å². The Kier molecular flexibility index (Phi) is 7.38. The summed E-state index contributed by atoms with van der Waals surface area (Å²) < 4.78 is 25.5. The molecule has 0 aliphatic carbocycles. The van der Waals surface area contributed by atoms with Gasteiger partial charge in [-0.3, -0.25) is 9.59 Å². The first-order valence-electron chi connectivity index (χ1n) is 10.9. The Morgan fingerprint density at radius 3 is 2.24 bits per heavy atom. The number of sulfone groups is 1. The summed E-state index contributed by atoms with van der Waals surface area (Å²) in [5.41, 5.74) is 0.532. The number of aromatic carboxylic acids is 1. The van der Waals surface area contributed by atoms with E-state index in [1.807, 2.05) is 0 Å². The molecule has 0 saturated carbocycles. The smallest absolute Gasteiger partial charge is 0.394 e. The maximum atomic E-state index is 12.7. The summed E-state index contributed by atoms with van der Waals surface area (Å²) in [6.45, 7) is 0.477. The molecule has 1 aliphatic heterocycles. The van der Waals surface area contributed by atoms with Crippen LogP contribution in [0.25, 0.3) is 0 Å². The summed E-state index contributed by atoms with van der Waals surface area (Å²) in [6, 6.07) is 12.9. The number of thiophene rings is 1. The number of fused-ring (bicyclic) bond motifs is 1. The second kappa shape index (κ2) is 10.5. The van der Waals surface area contributed by atoms with Crippen molar-refractivity contribution < 1.29 is 37.8 Å². The number of hydrogen-bond acceptors (Lipinski definition) is 8. The quantitative estimate of drug-likeness (QED) is 0.278. The number of anilines is 1. The first kappa shape index (κ1) is 26.0. The van der Waals surface area contributed by atoms with Gasteiger partial charge in [-0.2, -0.15) is 0 Å². The summed E-state index contributed by atoms with van der Waals surface area (Å²) in [4.78, 5) is 47.8. The lowest BCUT2D eigenvalue weighted by molar-refractivity contribution is -0.147. The molecule has 192 valence electrons. The highest BCUT2D eigenvalue weighted by Crippen LogP contribution is 2.39. The monoisotopic (exact) mass is 543 g/mol. The molecule has 0 spiro atoms. The van der Waals surface area contributed by atoms with E-state index in [9.17, 15) is 32.7 Å². The van der Waals surface area contributed by atoms with E-state index in [4.69, 9.17) is 5.11 Å². The number of rotatable bonds is 7. The molecular weight excluding hydrogens is 522 g/mol. The number of hydrogen-bond donors (Lipinski definition) is 5. The Morgan fingerprint density at radius 1 is 0.973 bits per heavy atom. The average molecular weight is 544 g/mol. The maximum Gasteiger partial charge on any atom is 0.394 e. The summed E-state index contributed by atoms with van der Waals surface area (Å²) in [5.74, 6) is -4.86. The van der Waals surface area contributed by atoms with Crippen molar-refractivity contribution in [3.05, 3.63) is 76.2 Å². The molecule has 2 aromatic carbocycles. The van der Waals surface area contributed by atoms with Gasteiger partial charge in [0.05, 0.1) is 21.4 Å². The Balaban J connectivity index is 1.49. The summed E-state index contributed by atoms with van der Waals surface area (Å²) in [5, 5.41) is 26.5. The highest BCUT2D eigenvalue weighted by atomic mass is 32.2. The molecule has 11 nitrogen and oxygen atoms in total. The van der Waals surface area contributed by atoms with Gasteiger partial charge in [-0.1, -0.05) is 18.2 Å². The average Bonchev–Trinajstić information content (AvgIpc) is 3.26. The number of carboxylic acids is 2. The van der Waals surface area contributed by atoms with Gasteiger partial charge in [0.15, 0.2) is 0 Å². The van der Waals surface area contributed by atoms with Gasteiger partial charge >= 0.3 is 17.8 Å². The van der Waals surface area contributed by atoms with Crippen LogP contribution in [0.3, 0.4) is 0 Å². The minimum absolute atomic E-state index is 0.0459. The number of amides is 2. The molecule has 2 amide bonds. The Labute approximate surface area is 215 Å². The Hall–Kier alpha value is -4.07. The highest BCUT2D eigenvalue weighted by Gasteiger charge is 2.32. The summed E-state index contributed by atoms with van der Waals surface area (Å²) >= 11 is 0.938. The van der Waals surface area contributed by atoms with E-state index in [0.717, 1.165) is 11.3 Å². The van der Waals surface area contributed by atoms with Gasteiger partial charge in [-0.15, -0.1) is 11.3 Å². The first-order valence-corrected chi connectivity index (χ1v) is 13.2. The van der Waals surface area contributed by atoms with Crippen molar-refractivity contribution in [2.45, 2.75) is 22.3 Å². The molecule has 1 aromatic heterocycles. The van der Waals surface area contributed by atoms with Crippen molar-refractivity contribution in [2.75, 3.05) is 18.4 Å². The van der Waals surface area contributed by atoms with E-state index in [1.54, 1.807) is 18.2 Å². The van der Waals surface area contributed by atoms with Gasteiger partial charge in [0, 0.05) is 17.0 Å². The number of aliphatic carboxylic acids is 1. The molecule has 5 N–H and O–H groups in total. The van der Waals surface area contributed by atoms with Crippen LogP contribution >= 0.6 is 11.3 Å².